The van der Waals surface area contributed by atoms with Crippen molar-refractivity contribution in [3.8, 4) is 5.75 Å². The number of hydrazine groups is 1. The van der Waals surface area contributed by atoms with Crippen LogP contribution in [0.15, 0.2) is 24.3 Å². The summed E-state index contributed by atoms with van der Waals surface area (Å²) in [6, 6.07) is 6.74. The molecular formula is C17H26N2O5. The number of nitrogens with zero attached hydrogens (tertiary/aromatic N) is 1. The second-order valence-electron chi connectivity index (χ2n) is 5.82. The molecule has 0 spiro atoms. The van der Waals surface area contributed by atoms with Crippen molar-refractivity contribution in [3.05, 3.63) is 29.8 Å². The van der Waals surface area contributed by atoms with Gasteiger partial charge < -0.3 is 14.2 Å². The van der Waals surface area contributed by atoms with Gasteiger partial charge in [-0.15, -0.1) is 0 Å². The van der Waals surface area contributed by atoms with E-state index in [1.807, 2.05) is 12.1 Å². The molecule has 7 heteroatoms. The Balaban J connectivity index is 2.96. The highest BCUT2D eigenvalue weighted by Gasteiger charge is 2.26. The lowest BCUT2D eigenvalue weighted by Gasteiger charge is -2.29. The molecule has 2 amide bonds. The van der Waals surface area contributed by atoms with Crippen molar-refractivity contribution in [2.24, 2.45) is 0 Å². The first-order valence-corrected chi connectivity index (χ1v) is 7.85. The zero-order valence-electron chi connectivity index (χ0n) is 15.0. The summed E-state index contributed by atoms with van der Waals surface area (Å²) in [5, 5.41) is 1.12. The van der Waals surface area contributed by atoms with E-state index in [1.54, 1.807) is 53.9 Å². The summed E-state index contributed by atoms with van der Waals surface area (Å²) in [7, 11) is 1.58. The average Bonchev–Trinajstić information content (AvgIpc) is 2.50. The molecule has 1 rings (SSSR count). The normalized spacial score (nSPS) is 11.8. The maximum Gasteiger partial charge on any atom is 0.429 e. The topological polar surface area (TPSA) is 77.1 Å². The molecule has 0 aliphatic rings. The van der Waals surface area contributed by atoms with Gasteiger partial charge in [0, 0.05) is 0 Å². The number of carbonyl (C=O) groups is 2. The van der Waals surface area contributed by atoms with Crippen molar-refractivity contribution in [1.29, 1.82) is 0 Å². The van der Waals surface area contributed by atoms with Gasteiger partial charge in [-0.3, -0.25) is 0 Å². The SMILES string of the molecule is COc1ccc(C(C)N(NC(=O)OC(C)C)C(=O)OC(C)C)cc1. The van der Waals surface area contributed by atoms with Crippen LogP contribution in [0.5, 0.6) is 5.75 Å². The zero-order valence-corrected chi connectivity index (χ0v) is 15.0. The van der Waals surface area contributed by atoms with Gasteiger partial charge in [0.1, 0.15) is 5.75 Å². The van der Waals surface area contributed by atoms with Crippen molar-refractivity contribution in [2.75, 3.05) is 7.11 Å². The lowest BCUT2D eigenvalue weighted by Crippen LogP contribution is -2.48. The minimum absolute atomic E-state index is 0.302. The third-order valence-corrected chi connectivity index (χ3v) is 3.07. The molecule has 0 heterocycles. The Bertz CT molecular complexity index is 542. The van der Waals surface area contributed by atoms with Gasteiger partial charge in [0.2, 0.25) is 0 Å². The van der Waals surface area contributed by atoms with Crippen LogP contribution in [0.25, 0.3) is 0 Å². The average molecular weight is 338 g/mol. The number of rotatable bonds is 5. The molecule has 0 saturated carbocycles. The van der Waals surface area contributed by atoms with Crippen LogP contribution in [0.1, 0.15) is 46.2 Å². The van der Waals surface area contributed by atoms with E-state index in [0.29, 0.717) is 5.75 Å². The van der Waals surface area contributed by atoms with Crippen LogP contribution in [-0.4, -0.2) is 36.5 Å². The molecule has 1 aromatic carbocycles. The maximum absolute atomic E-state index is 12.3. The van der Waals surface area contributed by atoms with Crippen LogP contribution in [0.3, 0.4) is 0 Å². The maximum atomic E-state index is 12.3. The van der Waals surface area contributed by atoms with Crippen molar-refractivity contribution in [1.82, 2.24) is 10.4 Å². The van der Waals surface area contributed by atoms with Crippen LogP contribution >= 0.6 is 0 Å². The summed E-state index contributed by atoms with van der Waals surface area (Å²) in [5.74, 6) is 0.703. The molecule has 1 N–H and O–H groups in total. The zero-order chi connectivity index (χ0) is 18.3. The molecule has 1 atom stereocenters. The number of nitrogens with one attached hydrogen (secondary N) is 1. The van der Waals surface area contributed by atoms with Gasteiger partial charge in [-0.05, 0) is 52.3 Å². The van der Waals surface area contributed by atoms with Crippen LogP contribution in [0.4, 0.5) is 9.59 Å². The van der Waals surface area contributed by atoms with Gasteiger partial charge in [0.05, 0.1) is 25.4 Å². The Labute approximate surface area is 142 Å². The smallest absolute Gasteiger partial charge is 0.429 e. The molecular weight excluding hydrogens is 312 g/mol. The molecule has 0 aliphatic heterocycles. The van der Waals surface area contributed by atoms with E-state index in [9.17, 15) is 9.59 Å². The standard InChI is InChI=1S/C17H26N2O5/c1-11(2)23-16(20)18-19(17(21)24-12(3)4)13(5)14-7-9-15(22-6)10-8-14/h7-13H,1-6H3,(H,18,20). The number of amides is 2. The highest BCUT2D eigenvalue weighted by atomic mass is 16.6. The summed E-state index contributed by atoms with van der Waals surface area (Å²) in [6.45, 7) is 8.70. The van der Waals surface area contributed by atoms with E-state index in [2.05, 4.69) is 5.43 Å². The molecule has 0 radical (unpaired) electrons. The fraction of sp³-hybridized carbons (Fsp3) is 0.529. The van der Waals surface area contributed by atoms with Gasteiger partial charge in [-0.1, -0.05) is 12.1 Å². The molecule has 1 aromatic rings. The Morgan fingerprint density at radius 3 is 1.96 bits per heavy atom. The molecule has 1 unspecified atom stereocenters. The molecule has 0 saturated heterocycles. The lowest BCUT2D eigenvalue weighted by atomic mass is 10.1. The third kappa shape index (κ3) is 5.98. The predicted octanol–water partition coefficient (Wildman–Crippen LogP) is 3.65. The van der Waals surface area contributed by atoms with Gasteiger partial charge in [-0.25, -0.2) is 20.0 Å². The summed E-state index contributed by atoms with van der Waals surface area (Å²) in [6.07, 6.45) is -1.99. The number of methoxy groups -OCH3 is 1. The largest absolute Gasteiger partial charge is 0.497 e. The first kappa shape index (κ1) is 19.6. The van der Waals surface area contributed by atoms with Gasteiger partial charge in [0.25, 0.3) is 0 Å². The Morgan fingerprint density at radius 2 is 1.50 bits per heavy atom. The molecule has 0 aliphatic carbocycles. The fourth-order valence-corrected chi connectivity index (χ4v) is 1.93. The van der Waals surface area contributed by atoms with Crippen LogP contribution in [0, 0.1) is 0 Å². The molecule has 24 heavy (non-hydrogen) atoms. The summed E-state index contributed by atoms with van der Waals surface area (Å²) >= 11 is 0. The summed E-state index contributed by atoms with van der Waals surface area (Å²) in [4.78, 5) is 24.2. The molecule has 0 bridgehead atoms. The minimum atomic E-state index is -0.717. The Morgan fingerprint density at radius 1 is 0.958 bits per heavy atom. The highest BCUT2D eigenvalue weighted by molar-refractivity contribution is 5.74. The number of carbonyl (C=O) groups excluding carboxylic acids is 2. The number of hydrogen-bond donors (Lipinski definition) is 1. The van der Waals surface area contributed by atoms with Crippen molar-refractivity contribution < 1.29 is 23.8 Å². The number of benzene rings is 1. The Hall–Kier alpha value is -2.44. The summed E-state index contributed by atoms with van der Waals surface area (Å²) in [5.41, 5.74) is 3.25. The summed E-state index contributed by atoms with van der Waals surface area (Å²) < 4.78 is 15.4. The molecule has 0 aromatic heterocycles. The van der Waals surface area contributed by atoms with Crippen LogP contribution in [-0.2, 0) is 9.47 Å². The van der Waals surface area contributed by atoms with Gasteiger partial charge in [0.15, 0.2) is 0 Å². The van der Waals surface area contributed by atoms with Gasteiger partial charge >= 0.3 is 12.2 Å². The van der Waals surface area contributed by atoms with E-state index in [4.69, 9.17) is 14.2 Å². The minimum Gasteiger partial charge on any atom is -0.497 e. The predicted molar refractivity (Wildman–Crippen MR) is 89.6 cm³/mol. The number of ether oxygens (including phenoxy) is 3. The van der Waals surface area contributed by atoms with Crippen LogP contribution < -0.4 is 10.2 Å². The van der Waals surface area contributed by atoms with E-state index >= 15 is 0 Å². The van der Waals surface area contributed by atoms with Gasteiger partial charge in [-0.2, -0.15) is 0 Å². The van der Waals surface area contributed by atoms with E-state index < -0.39 is 18.2 Å². The fourth-order valence-electron chi connectivity index (χ4n) is 1.93. The first-order valence-electron chi connectivity index (χ1n) is 7.85. The van der Waals surface area contributed by atoms with Crippen LogP contribution in [0.2, 0.25) is 0 Å². The lowest BCUT2D eigenvalue weighted by molar-refractivity contribution is 0.0337. The second-order valence-corrected chi connectivity index (χ2v) is 5.82. The quantitative estimate of drug-likeness (QED) is 0.829. The van der Waals surface area contributed by atoms with Crippen molar-refractivity contribution in [3.63, 3.8) is 0 Å². The third-order valence-electron chi connectivity index (χ3n) is 3.07. The van der Waals surface area contributed by atoms with Crippen molar-refractivity contribution >= 4 is 12.2 Å². The molecule has 0 fully saturated rings. The number of hydrogen-bond acceptors (Lipinski definition) is 5. The molecule has 7 nitrogen and oxygen atoms in total. The van der Waals surface area contributed by atoms with Crippen molar-refractivity contribution in [2.45, 2.75) is 52.9 Å². The first-order chi connectivity index (χ1) is 11.2. The van der Waals surface area contributed by atoms with E-state index in [-0.39, 0.29) is 12.2 Å². The molecule has 134 valence electrons. The Kier molecular flexibility index (Phi) is 7.35. The monoisotopic (exact) mass is 338 g/mol. The van der Waals surface area contributed by atoms with E-state index in [0.717, 1.165) is 10.6 Å². The van der Waals surface area contributed by atoms with E-state index in [1.165, 1.54) is 0 Å². The second kappa shape index (κ2) is 9.00. The highest BCUT2D eigenvalue weighted by Crippen LogP contribution is 2.22.